The highest BCUT2D eigenvalue weighted by Crippen LogP contribution is 2.26. The molecule has 1 aromatic carbocycles. The minimum Gasteiger partial charge on any atom is -0.455 e. The van der Waals surface area contributed by atoms with Crippen molar-refractivity contribution in [3.8, 4) is 11.5 Å². The van der Waals surface area contributed by atoms with E-state index in [0.29, 0.717) is 6.04 Å². The molecule has 0 saturated heterocycles. The van der Waals surface area contributed by atoms with Crippen LogP contribution in [0.2, 0.25) is 0 Å². The van der Waals surface area contributed by atoms with Crippen molar-refractivity contribution in [2.24, 2.45) is 0 Å². The first-order chi connectivity index (χ1) is 9.54. The van der Waals surface area contributed by atoms with Crippen molar-refractivity contribution in [3.05, 3.63) is 53.3 Å². The highest BCUT2D eigenvalue weighted by Gasteiger charge is 2.06. The van der Waals surface area contributed by atoms with E-state index in [0.717, 1.165) is 23.7 Å². The number of hydrogen-bond acceptors (Lipinski definition) is 3. The highest BCUT2D eigenvalue weighted by molar-refractivity contribution is 5.40. The van der Waals surface area contributed by atoms with Crippen molar-refractivity contribution in [1.29, 1.82) is 0 Å². The van der Waals surface area contributed by atoms with Gasteiger partial charge < -0.3 is 10.1 Å². The Morgan fingerprint density at radius 3 is 2.60 bits per heavy atom. The Labute approximate surface area is 121 Å². The van der Waals surface area contributed by atoms with Gasteiger partial charge in [-0.3, -0.25) is 4.98 Å². The quantitative estimate of drug-likeness (QED) is 0.892. The fourth-order valence-electron chi connectivity index (χ4n) is 1.90. The van der Waals surface area contributed by atoms with Crippen LogP contribution in [-0.2, 0) is 6.54 Å². The number of ether oxygens (including phenoxy) is 1. The van der Waals surface area contributed by atoms with Gasteiger partial charge in [-0.15, -0.1) is 0 Å². The van der Waals surface area contributed by atoms with Crippen molar-refractivity contribution in [2.45, 2.75) is 40.3 Å². The van der Waals surface area contributed by atoms with Crippen LogP contribution in [0.1, 0.15) is 30.7 Å². The third-order valence-corrected chi connectivity index (χ3v) is 3.03. The standard InChI is InChI=1S/C17H22N2O/c1-12(2)18-10-15-9-13(3)5-8-17(15)20-16-7-6-14(4)19-11-16/h5-9,11-12,18H,10H2,1-4H3. The van der Waals surface area contributed by atoms with Crippen LogP contribution >= 0.6 is 0 Å². The zero-order chi connectivity index (χ0) is 14.5. The van der Waals surface area contributed by atoms with Crippen LogP contribution in [0.25, 0.3) is 0 Å². The van der Waals surface area contributed by atoms with Gasteiger partial charge in [-0.25, -0.2) is 0 Å². The lowest BCUT2D eigenvalue weighted by atomic mass is 10.1. The van der Waals surface area contributed by atoms with Crippen LogP contribution in [0, 0.1) is 13.8 Å². The molecule has 0 atom stereocenters. The highest BCUT2D eigenvalue weighted by atomic mass is 16.5. The summed E-state index contributed by atoms with van der Waals surface area (Å²) < 4.78 is 5.95. The molecule has 0 aliphatic heterocycles. The third kappa shape index (κ3) is 4.07. The van der Waals surface area contributed by atoms with Crippen LogP contribution in [0.3, 0.4) is 0 Å². The number of nitrogens with zero attached hydrogens (tertiary/aromatic N) is 1. The van der Waals surface area contributed by atoms with Gasteiger partial charge in [0, 0.05) is 23.8 Å². The molecule has 0 radical (unpaired) electrons. The number of hydrogen-bond donors (Lipinski definition) is 1. The number of aryl methyl sites for hydroxylation is 2. The second-order valence-corrected chi connectivity index (χ2v) is 5.38. The average Bonchev–Trinajstić information content (AvgIpc) is 2.41. The molecule has 0 aliphatic carbocycles. The predicted molar refractivity (Wildman–Crippen MR) is 82.2 cm³/mol. The Kier molecular flexibility index (Phi) is 4.74. The fraction of sp³-hybridized carbons (Fsp3) is 0.353. The summed E-state index contributed by atoms with van der Waals surface area (Å²) in [6.07, 6.45) is 1.76. The van der Waals surface area contributed by atoms with Crippen LogP contribution in [-0.4, -0.2) is 11.0 Å². The van der Waals surface area contributed by atoms with E-state index in [1.54, 1.807) is 6.20 Å². The fourth-order valence-corrected chi connectivity index (χ4v) is 1.90. The summed E-state index contributed by atoms with van der Waals surface area (Å²) in [5.41, 5.74) is 3.39. The minimum absolute atomic E-state index is 0.449. The van der Waals surface area contributed by atoms with Crippen molar-refractivity contribution in [2.75, 3.05) is 0 Å². The molecular weight excluding hydrogens is 248 g/mol. The molecule has 3 heteroatoms. The van der Waals surface area contributed by atoms with Gasteiger partial charge in [0.05, 0.1) is 6.20 Å². The first-order valence-electron chi connectivity index (χ1n) is 6.98. The summed E-state index contributed by atoms with van der Waals surface area (Å²) in [5.74, 6) is 1.65. The number of pyridine rings is 1. The number of aromatic nitrogens is 1. The Morgan fingerprint density at radius 1 is 1.15 bits per heavy atom. The van der Waals surface area contributed by atoms with E-state index in [1.165, 1.54) is 11.1 Å². The van der Waals surface area contributed by atoms with E-state index in [4.69, 9.17) is 4.74 Å². The van der Waals surface area contributed by atoms with E-state index in [1.807, 2.05) is 25.1 Å². The molecule has 0 aliphatic rings. The maximum Gasteiger partial charge on any atom is 0.145 e. The topological polar surface area (TPSA) is 34.1 Å². The monoisotopic (exact) mass is 270 g/mol. The maximum absolute atomic E-state index is 5.95. The Hall–Kier alpha value is -1.87. The first-order valence-corrected chi connectivity index (χ1v) is 6.98. The molecule has 106 valence electrons. The third-order valence-electron chi connectivity index (χ3n) is 3.03. The summed E-state index contributed by atoms with van der Waals surface area (Å²) in [6.45, 7) is 9.14. The van der Waals surface area contributed by atoms with Gasteiger partial charge in [0.15, 0.2) is 0 Å². The van der Waals surface area contributed by atoms with Crippen molar-refractivity contribution < 1.29 is 4.74 Å². The predicted octanol–water partition coefficient (Wildman–Crippen LogP) is 3.99. The van der Waals surface area contributed by atoms with Gasteiger partial charge in [0.25, 0.3) is 0 Å². The normalized spacial score (nSPS) is 10.8. The van der Waals surface area contributed by atoms with E-state index in [9.17, 15) is 0 Å². The summed E-state index contributed by atoms with van der Waals surface area (Å²) >= 11 is 0. The Bertz CT molecular complexity index is 562. The van der Waals surface area contributed by atoms with Gasteiger partial charge in [-0.2, -0.15) is 0 Å². The first kappa shape index (κ1) is 14.5. The van der Waals surface area contributed by atoms with Gasteiger partial charge in [0.1, 0.15) is 11.5 Å². The van der Waals surface area contributed by atoms with Gasteiger partial charge in [0.2, 0.25) is 0 Å². The molecule has 3 nitrogen and oxygen atoms in total. The molecule has 1 aromatic heterocycles. The molecule has 0 amide bonds. The summed E-state index contributed by atoms with van der Waals surface area (Å²) in [7, 11) is 0. The molecule has 1 heterocycles. The van der Waals surface area contributed by atoms with Crippen LogP contribution < -0.4 is 10.1 Å². The summed E-state index contributed by atoms with van der Waals surface area (Å²) in [6, 6.07) is 10.6. The SMILES string of the molecule is Cc1ccc(Oc2ccc(C)nc2)c(CNC(C)C)c1. The molecule has 0 bridgehead atoms. The molecule has 0 fully saturated rings. The lowest BCUT2D eigenvalue weighted by Crippen LogP contribution is -2.22. The number of rotatable bonds is 5. The molecule has 0 spiro atoms. The van der Waals surface area contributed by atoms with E-state index < -0.39 is 0 Å². The van der Waals surface area contributed by atoms with Crippen LogP contribution in [0.15, 0.2) is 36.5 Å². The van der Waals surface area contributed by atoms with Crippen molar-refractivity contribution in [3.63, 3.8) is 0 Å². The zero-order valence-corrected chi connectivity index (χ0v) is 12.6. The lowest BCUT2D eigenvalue weighted by Gasteiger charge is -2.14. The molecule has 20 heavy (non-hydrogen) atoms. The Morgan fingerprint density at radius 2 is 1.95 bits per heavy atom. The van der Waals surface area contributed by atoms with Crippen molar-refractivity contribution >= 4 is 0 Å². The number of nitrogens with one attached hydrogen (secondary N) is 1. The molecule has 2 aromatic rings. The molecule has 1 N–H and O–H groups in total. The van der Waals surface area contributed by atoms with E-state index in [2.05, 4.69) is 43.2 Å². The van der Waals surface area contributed by atoms with Crippen LogP contribution in [0.5, 0.6) is 11.5 Å². The molecule has 0 saturated carbocycles. The summed E-state index contributed by atoms with van der Waals surface area (Å²) in [5, 5.41) is 3.43. The zero-order valence-electron chi connectivity index (χ0n) is 12.6. The smallest absolute Gasteiger partial charge is 0.145 e. The average molecular weight is 270 g/mol. The van der Waals surface area contributed by atoms with Crippen molar-refractivity contribution in [1.82, 2.24) is 10.3 Å². The van der Waals surface area contributed by atoms with E-state index in [-0.39, 0.29) is 0 Å². The molecule has 2 rings (SSSR count). The lowest BCUT2D eigenvalue weighted by molar-refractivity contribution is 0.467. The summed E-state index contributed by atoms with van der Waals surface area (Å²) in [4.78, 5) is 4.26. The number of benzene rings is 1. The second-order valence-electron chi connectivity index (χ2n) is 5.38. The maximum atomic E-state index is 5.95. The van der Waals surface area contributed by atoms with Gasteiger partial charge in [-0.05, 0) is 32.0 Å². The largest absolute Gasteiger partial charge is 0.455 e. The second kappa shape index (κ2) is 6.53. The molecule has 0 unspecified atom stereocenters. The molecular formula is C17H22N2O. The van der Waals surface area contributed by atoms with E-state index >= 15 is 0 Å². The van der Waals surface area contributed by atoms with Gasteiger partial charge >= 0.3 is 0 Å². The van der Waals surface area contributed by atoms with Crippen LogP contribution in [0.4, 0.5) is 0 Å². The Balaban J connectivity index is 2.19. The minimum atomic E-state index is 0.449. The van der Waals surface area contributed by atoms with Gasteiger partial charge in [-0.1, -0.05) is 31.5 Å².